The SMILES string of the molecule is CSc1ncccc1Nc1cc(N(C)C)ncn1. The predicted octanol–water partition coefficient (Wildman–Crippen LogP) is 2.40. The predicted molar refractivity (Wildman–Crippen MR) is 75.7 cm³/mol. The lowest BCUT2D eigenvalue weighted by molar-refractivity contribution is 1.04. The van der Waals surface area contributed by atoms with E-state index in [4.69, 9.17) is 0 Å². The first-order valence-electron chi connectivity index (χ1n) is 5.46. The number of pyridine rings is 1. The maximum atomic E-state index is 4.30. The van der Waals surface area contributed by atoms with Crippen LogP contribution in [0.15, 0.2) is 35.7 Å². The van der Waals surface area contributed by atoms with Gasteiger partial charge in [0.15, 0.2) is 0 Å². The van der Waals surface area contributed by atoms with Crippen LogP contribution in [0.3, 0.4) is 0 Å². The zero-order chi connectivity index (χ0) is 13.0. The van der Waals surface area contributed by atoms with Gasteiger partial charge in [0.2, 0.25) is 0 Å². The summed E-state index contributed by atoms with van der Waals surface area (Å²) in [5, 5.41) is 4.20. The summed E-state index contributed by atoms with van der Waals surface area (Å²) in [5.74, 6) is 1.62. The molecule has 94 valence electrons. The molecule has 0 bridgehead atoms. The van der Waals surface area contributed by atoms with Gasteiger partial charge in [-0.1, -0.05) is 0 Å². The van der Waals surface area contributed by atoms with Gasteiger partial charge in [0, 0.05) is 26.4 Å². The number of hydrogen-bond donors (Lipinski definition) is 1. The van der Waals surface area contributed by atoms with Gasteiger partial charge in [-0.25, -0.2) is 15.0 Å². The largest absolute Gasteiger partial charge is 0.363 e. The highest BCUT2D eigenvalue weighted by molar-refractivity contribution is 7.98. The van der Waals surface area contributed by atoms with Crippen LogP contribution >= 0.6 is 11.8 Å². The van der Waals surface area contributed by atoms with Crippen LogP contribution in [0.25, 0.3) is 0 Å². The Balaban J connectivity index is 2.25. The van der Waals surface area contributed by atoms with E-state index in [0.29, 0.717) is 0 Å². The summed E-state index contributed by atoms with van der Waals surface area (Å²) >= 11 is 1.60. The van der Waals surface area contributed by atoms with Crippen LogP contribution in [0.5, 0.6) is 0 Å². The highest BCUT2D eigenvalue weighted by atomic mass is 32.2. The molecule has 0 spiro atoms. The summed E-state index contributed by atoms with van der Waals surface area (Å²) in [7, 11) is 3.90. The lowest BCUT2D eigenvalue weighted by atomic mass is 10.4. The molecule has 2 heterocycles. The molecule has 0 radical (unpaired) electrons. The molecule has 0 aliphatic heterocycles. The van der Waals surface area contributed by atoms with E-state index in [2.05, 4.69) is 20.3 Å². The van der Waals surface area contributed by atoms with E-state index in [0.717, 1.165) is 22.3 Å². The Kier molecular flexibility index (Phi) is 3.99. The zero-order valence-electron chi connectivity index (χ0n) is 10.6. The summed E-state index contributed by atoms with van der Waals surface area (Å²) in [6, 6.07) is 5.78. The number of anilines is 3. The maximum Gasteiger partial charge on any atom is 0.135 e. The van der Waals surface area contributed by atoms with Gasteiger partial charge in [0.25, 0.3) is 0 Å². The summed E-state index contributed by atoms with van der Waals surface area (Å²) in [4.78, 5) is 14.6. The van der Waals surface area contributed by atoms with Gasteiger partial charge in [0.1, 0.15) is 23.0 Å². The van der Waals surface area contributed by atoms with Crippen molar-refractivity contribution in [2.24, 2.45) is 0 Å². The van der Waals surface area contributed by atoms with Gasteiger partial charge in [0.05, 0.1) is 5.69 Å². The molecule has 1 N–H and O–H groups in total. The second kappa shape index (κ2) is 5.68. The third-order valence-corrected chi connectivity index (χ3v) is 3.05. The molecule has 0 fully saturated rings. The van der Waals surface area contributed by atoms with E-state index in [1.54, 1.807) is 24.3 Å². The van der Waals surface area contributed by atoms with Crippen LogP contribution in [0.1, 0.15) is 0 Å². The molecule has 2 aromatic rings. The number of nitrogens with one attached hydrogen (secondary N) is 1. The summed E-state index contributed by atoms with van der Waals surface area (Å²) in [6.07, 6.45) is 5.33. The van der Waals surface area contributed by atoms with Crippen molar-refractivity contribution >= 4 is 29.1 Å². The third-order valence-electron chi connectivity index (χ3n) is 2.34. The molecule has 0 amide bonds. The van der Waals surface area contributed by atoms with E-state index < -0.39 is 0 Å². The van der Waals surface area contributed by atoms with E-state index in [9.17, 15) is 0 Å². The molecule has 0 aliphatic rings. The minimum absolute atomic E-state index is 0.761. The average Bonchev–Trinajstić information content (AvgIpc) is 2.39. The highest BCUT2D eigenvalue weighted by Crippen LogP contribution is 2.25. The number of nitrogens with zero attached hydrogens (tertiary/aromatic N) is 4. The lowest BCUT2D eigenvalue weighted by Gasteiger charge is -2.13. The average molecular weight is 261 g/mol. The summed E-state index contributed by atoms with van der Waals surface area (Å²) < 4.78 is 0. The van der Waals surface area contributed by atoms with E-state index in [1.807, 2.05) is 43.5 Å². The standard InChI is InChI=1S/C12H15N5S/c1-17(2)11-7-10(14-8-15-11)16-9-5-4-6-13-12(9)18-3/h4-8H,1-3H3,(H,14,15,16). The Bertz CT molecular complexity index is 529. The van der Waals surface area contributed by atoms with Gasteiger partial charge >= 0.3 is 0 Å². The molecule has 0 saturated heterocycles. The molecule has 2 aromatic heterocycles. The second-order valence-corrected chi connectivity index (χ2v) is 4.64. The Labute approximate surface area is 111 Å². The van der Waals surface area contributed by atoms with Crippen LogP contribution in [0, 0.1) is 0 Å². The summed E-state index contributed by atoms with van der Waals surface area (Å²) in [5.41, 5.74) is 0.952. The van der Waals surface area contributed by atoms with Gasteiger partial charge < -0.3 is 10.2 Å². The van der Waals surface area contributed by atoms with Crippen molar-refractivity contribution in [2.45, 2.75) is 5.03 Å². The molecular formula is C12H15N5S. The molecule has 2 rings (SSSR count). The first kappa shape index (κ1) is 12.6. The van der Waals surface area contributed by atoms with Crippen LogP contribution in [-0.4, -0.2) is 35.3 Å². The smallest absolute Gasteiger partial charge is 0.135 e. The summed E-state index contributed by atoms with van der Waals surface area (Å²) in [6.45, 7) is 0. The van der Waals surface area contributed by atoms with Gasteiger partial charge in [-0.05, 0) is 18.4 Å². The fourth-order valence-corrected chi connectivity index (χ4v) is 1.95. The normalized spacial score (nSPS) is 10.2. The van der Waals surface area contributed by atoms with Crippen molar-refractivity contribution < 1.29 is 0 Å². The van der Waals surface area contributed by atoms with Crippen LogP contribution in [0.2, 0.25) is 0 Å². The Morgan fingerprint density at radius 1 is 1.22 bits per heavy atom. The molecule has 0 unspecified atom stereocenters. The zero-order valence-corrected chi connectivity index (χ0v) is 11.4. The first-order chi connectivity index (χ1) is 8.70. The van der Waals surface area contributed by atoms with Crippen molar-refractivity contribution in [3.05, 3.63) is 30.7 Å². The molecule has 5 nitrogen and oxygen atoms in total. The van der Waals surface area contributed by atoms with Crippen molar-refractivity contribution in [1.29, 1.82) is 0 Å². The van der Waals surface area contributed by atoms with Crippen molar-refractivity contribution in [1.82, 2.24) is 15.0 Å². The number of rotatable bonds is 4. The van der Waals surface area contributed by atoms with Crippen LogP contribution < -0.4 is 10.2 Å². The van der Waals surface area contributed by atoms with Crippen LogP contribution in [-0.2, 0) is 0 Å². The highest BCUT2D eigenvalue weighted by Gasteiger charge is 2.05. The Morgan fingerprint density at radius 3 is 2.78 bits per heavy atom. The minimum Gasteiger partial charge on any atom is -0.363 e. The number of hydrogen-bond acceptors (Lipinski definition) is 6. The quantitative estimate of drug-likeness (QED) is 0.853. The van der Waals surface area contributed by atoms with Gasteiger partial charge in [-0.2, -0.15) is 0 Å². The van der Waals surface area contributed by atoms with Crippen molar-refractivity contribution in [3.63, 3.8) is 0 Å². The minimum atomic E-state index is 0.761. The van der Waals surface area contributed by atoms with E-state index >= 15 is 0 Å². The molecule has 0 atom stereocenters. The molecule has 0 saturated carbocycles. The molecule has 18 heavy (non-hydrogen) atoms. The molecule has 0 aliphatic carbocycles. The van der Waals surface area contributed by atoms with Crippen molar-refractivity contribution in [3.8, 4) is 0 Å². The fourth-order valence-electron chi connectivity index (χ4n) is 1.45. The Hall–Kier alpha value is -1.82. The molecular weight excluding hydrogens is 246 g/mol. The monoisotopic (exact) mass is 261 g/mol. The second-order valence-electron chi connectivity index (χ2n) is 3.84. The topological polar surface area (TPSA) is 53.9 Å². The fraction of sp³-hybridized carbons (Fsp3) is 0.250. The number of aromatic nitrogens is 3. The van der Waals surface area contributed by atoms with E-state index in [-0.39, 0.29) is 0 Å². The first-order valence-corrected chi connectivity index (χ1v) is 6.68. The van der Waals surface area contributed by atoms with Crippen molar-refractivity contribution in [2.75, 3.05) is 30.6 Å². The maximum absolute atomic E-state index is 4.30. The lowest BCUT2D eigenvalue weighted by Crippen LogP contribution is -2.11. The van der Waals surface area contributed by atoms with Gasteiger partial charge in [-0.15, -0.1) is 11.8 Å². The Morgan fingerprint density at radius 2 is 2.06 bits per heavy atom. The van der Waals surface area contributed by atoms with Crippen LogP contribution in [0.4, 0.5) is 17.3 Å². The molecule has 0 aromatic carbocycles. The van der Waals surface area contributed by atoms with E-state index in [1.165, 1.54) is 0 Å². The van der Waals surface area contributed by atoms with Gasteiger partial charge in [-0.3, -0.25) is 0 Å². The molecule has 6 heteroatoms. The number of thioether (sulfide) groups is 1. The third kappa shape index (κ3) is 2.89.